The maximum Gasteiger partial charge on any atom is 0.274 e. The van der Waals surface area contributed by atoms with Gasteiger partial charge in [-0.2, -0.15) is 5.10 Å². The molecule has 31 heavy (non-hydrogen) atoms. The van der Waals surface area contributed by atoms with E-state index in [1.165, 1.54) is 23.2 Å². The highest BCUT2D eigenvalue weighted by atomic mass is 35.5. The Balaban J connectivity index is 1.73. The standard InChI is InChI=1S/C23H18ClN3O4/c1-31-20-11-7-16(8-12-20)22-14-21(15-5-9-18(24)10-6-15)25-26(22)23(28)17-3-2-4-19(13-17)27(29)30/h2-13,22H,14H2,1H3/t22-/m1/s1. The molecule has 0 spiro atoms. The highest BCUT2D eigenvalue weighted by molar-refractivity contribution is 6.30. The summed E-state index contributed by atoms with van der Waals surface area (Å²) in [6, 6.07) is 20.0. The average molecular weight is 436 g/mol. The van der Waals surface area contributed by atoms with Crippen molar-refractivity contribution >= 4 is 28.9 Å². The van der Waals surface area contributed by atoms with E-state index >= 15 is 0 Å². The van der Waals surface area contributed by atoms with E-state index in [-0.39, 0.29) is 17.3 Å². The van der Waals surface area contributed by atoms with Gasteiger partial charge in [-0.1, -0.05) is 41.9 Å². The van der Waals surface area contributed by atoms with Crippen molar-refractivity contribution in [2.24, 2.45) is 5.10 Å². The molecule has 1 aliphatic heterocycles. The Hall–Kier alpha value is -3.71. The number of nitrogens with zero attached hydrogens (tertiary/aromatic N) is 3. The monoisotopic (exact) mass is 435 g/mol. The SMILES string of the molecule is COc1ccc([C@H]2CC(c3ccc(Cl)cc3)=NN2C(=O)c2cccc([N+](=O)[O-])c2)cc1. The number of amides is 1. The van der Waals surface area contributed by atoms with E-state index in [2.05, 4.69) is 5.10 Å². The summed E-state index contributed by atoms with van der Waals surface area (Å²) < 4.78 is 5.23. The normalized spacial score (nSPS) is 15.5. The zero-order chi connectivity index (χ0) is 22.0. The first-order valence-electron chi connectivity index (χ1n) is 9.51. The molecular weight excluding hydrogens is 418 g/mol. The lowest BCUT2D eigenvalue weighted by Crippen LogP contribution is -2.27. The molecular formula is C23H18ClN3O4. The van der Waals surface area contributed by atoms with Crippen LogP contribution >= 0.6 is 11.6 Å². The van der Waals surface area contributed by atoms with Gasteiger partial charge >= 0.3 is 0 Å². The molecule has 1 aliphatic rings. The Labute approximate surface area is 183 Å². The fourth-order valence-corrected chi connectivity index (χ4v) is 3.61. The molecule has 1 atom stereocenters. The molecule has 0 saturated carbocycles. The van der Waals surface area contributed by atoms with Crippen molar-refractivity contribution in [2.75, 3.05) is 7.11 Å². The number of hydrazone groups is 1. The van der Waals surface area contributed by atoms with Crippen LogP contribution in [0.3, 0.4) is 0 Å². The van der Waals surface area contributed by atoms with Gasteiger partial charge in [0.15, 0.2) is 0 Å². The lowest BCUT2D eigenvalue weighted by Gasteiger charge is -2.22. The second kappa shape index (κ2) is 8.57. The van der Waals surface area contributed by atoms with Crippen LogP contribution in [0.4, 0.5) is 5.69 Å². The van der Waals surface area contributed by atoms with Crippen molar-refractivity contribution < 1.29 is 14.5 Å². The fraction of sp³-hybridized carbons (Fsp3) is 0.130. The predicted molar refractivity (Wildman–Crippen MR) is 118 cm³/mol. The van der Waals surface area contributed by atoms with Gasteiger partial charge in [0, 0.05) is 29.1 Å². The smallest absolute Gasteiger partial charge is 0.274 e. The first-order chi connectivity index (χ1) is 15.0. The van der Waals surface area contributed by atoms with Gasteiger partial charge in [0.25, 0.3) is 11.6 Å². The van der Waals surface area contributed by atoms with E-state index in [0.717, 1.165) is 16.8 Å². The number of ether oxygens (including phenoxy) is 1. The first-order valence-corrected chi connectivity index (χ1v) is 9.89. The van der Waals surface area contributed by atoms with Crippen LogP contribution in [0.25, 0.3) is 0 Å². The Morgan fingerprint density at radius 1 is 1.13 bits per heavy atom. The Kier molecular flexibility index (Phi) is 5.68. The number of carbonyl (C=O) groups is 1. The Morgan fingerprint density at radius 2 is 1.84 bits per heavy atom. The summed E-state index contributed by atoms with van der Waals surface area (Å²) in [5.41, 5.74) is 2.53. The topological polar surface area (TPSA) is 85.0 Å². The molecule has 3 aromatic carbocycles. The van der Waals surface area contributed by atoms with Crippen LogP contribution in [0.15, 0.2) is 77.9 Å². The minimum atomic E-state index is -0.524. The minimum absolute atomic E-state index is 0.145. The maximum atomic E-state index is 13.3. The molecule has 156 valence electrons. The van der Waals surface area contributed by atoms with E-state index in [9.17, 15) is 14.9 Å². The van der Waals surface area contributed by atoms with E-state index < -0.39 is 10.8 Å². The zero-order valence-corrected chi connectivity index (χ0v) is 17.3. The van der Waals surface area contributed by atoms with Crippen LogP contribution in [0, 0.1) is 10.1 Å². The summed E-state index contributed by atoms with van der Waals surface area (Å²) in [5, 5.41) is 17.7. The summed E-state index contributed by atoms with van der Waals surface area (Å²) in [6.45, 7) is 0. The molecule has 0 aromatic heterocycles. The van der Waals surface area contributed by atoms with E-state index in [1.54, 1.807) is 25.3 Å². The van der Waals surface area contributed by atoms with E-state index in [1.807, 2.05) is 36.4 Å². The van der Waals surface area contributed by atoms with Crippen LogP contribution < -0.4 is 4.74 Å². The van der Waals surface area contributed by atoms with Crippen LogP contribution in [0.1, 0.15) is 33.9 Å². The van der Waals surface area contributed by atoms with Crippen molar-refractivity contribution in [3.05, 3.63) is 105 Å². The molecule has 4 rings (SSSR count). The molecule has 0 N–H and O–H groups in total. The van der Waals surface area contributed by atoms with Crippen molar-refractivity contribution in [1.82, 2.24) is 5.01 Å². The molecule has 1 heterocycles. The minimum Gasteiger partial charge on any atom is -0.497 e. The average Bonchev–Trinajstić information content (AvgIpc) is 3.24. The van der Waals surface area contributed by atoms with Gasteiger partial charge in [0.2, 0.25) is 0 Å². The third-order valence-electron chi connectivity index (χ3n) is 5.10. The fourth-order valence-electron chi connectivity index (χ4n) is 3.48. The number of nitro benzene ring substituents is 1. The molecule has 0 saturated heterocycles. The van der Waals surface area contributed by atoms with Gasteiger partial charge in [0.1, 0.15) is 5.75 Å². The number of benzene rings is 3. The molecule has 0 radical (unpaired) electrons. The molecule has 0 bridgehead atoms. The van der Waals surface area contributed by atoms with Gasteiger partial charge in [0.05, 0.1) is 23.8 Å². The van der Waals surface area contributed by atoms with Gasteiger partial charge in [-0.05, 0) is 41.5 Å². The molecule has 1 amide bonds. The number of rotatable bonds is 5. The Morgan fingerprint density at radius 3 is 2.48 bits per heavy atom. The Bertz CT molecular complexity index is 1160. The van der Waals surface area contributed by atoms with Crippen LogP contribution in [-0.4, -0.2) is 28.7 Å². The third-order valence-corrected chi connectivity index (χ3v) is 5.35. The third kappa shape index (κ3) is 4.27. The molecule has 3 aromatic rings. The lowest BCUT2D eigenvalue weighted by molar-refractivity contribution is -0.384. The number of hydrogen-bond acceptors (Lipinski definition) is 5. The van der Waals surface area contributed by atoms with Crippen LogP contribution in [0.2, 0.25) is 5.02 Å². The summed E-state index contributed by atoms with van der Waals surface area (Å²) in [7, 11) is 1.59. The second-order valence-electron chi connectivity index (χ2n) is 7.00. The van der Waals surface area contributed by atoms with E-state index in [0.29, 0.717) is 17.2 Å². The zero-order valence-electron chi connectivity index (χ0n) is 16.6. The van der Waals surface area contributed by atoms with Crippen molar-refractivity contribution in [3.63, 3.8) is 0 Å². The molecule has 0 unspecified atom stereocenters. The van der Waals surface area contributed by atoms with Gasteiger partial charge < -0.3 is 4.74 Å². The summed E-state index contributed by atoms with van der Waals surface area (Å²) >= 11 is 6.00. The van der Waals surface area contributed by atoms with Crippen molar-refractivity contribution in [3.8, 4) is 5.75 Å². The van der Waals surface area contributed by atoms with Crippen molar-refractivity contribution in [2.45, 2.75) is 12.5 Å². The highest BCUT2D eigenvalue weighted by Crippen LogP contribution is 2.35. The maximum absolute atomic E-state index is 13.3. The van der Waals surface area contributed by atoms with Crippen LogP contribution in [-0.2, 0) is 0 Å². The van der Waals surface area contributed by atoms with Crippen molar-refractivity contribution in [1.29, 1.82) is 0 Å². The summed E-state index contributed by atoms with van der Waals surface area (Å²) in [6.07, 6.45) is 0.495. The number of methoxy groups -OCH3 is 1. The predicted octanol–water partition coefficient (Wildman–Crippen LogP) is 5.25. The number of non-ortho nitro benzene ring substituents is 1. The summed E-state index contributed by atoms with van der Waals surface area (Å²) in [5.74, 6) is 0.297. The lowest BCUT2D eigenvalue weighted by atomic mass is 9.98. The molecule has 7 nitrogen and oxygen atoms in total. The quantitative estimate of drug-likeness (QED) is 0.404. The summed E-state index contributed by atoms with van der Waals surface area (Å²) in [4.78, 5) is 23.9. The van der Waals surface area contributed by atoms with Gasteiger partial charge in [-0.25, -0.2) is 5.01 Å². The van der Waals surface area contributed by atoms with Crippen LogP contribution in [0.5, 0.6) is 5.75 Å². The van der Waals surface area contributed by atoms with Gasteiger partial charge in [-0.15, -0.1) is 0 Å². The largest absolute Gasteiger partial charge is 0.497 e. The first kappa shape index (κ1) is 20.6. The van der Waals surface area contributed by atoms with E-state index in [4.69, 9.17) is 16.3 Å². The number of nitro groups is 1. The molecule has 0 fully saturated rings. The number of carbonyl (C=O) groups excluding carboxylic acids is 1. The molecule has 0 aliphatic carbocycles. The number of hydrogen-bond donors (Lipinski definition) is 0. The highest BCUT2D eigenvalue weighted by Gasteiger charge is 2.34. The number of halogens is 1. The van der Waals surface area contributed by atoms with Gasteiger partial charge in [-0.3, -0.25) is 14.9 Å². The molecule has 8 heteroatoms. The second-order valence-corrected chi connectivity index (χ2v) is 7.44.